The summed E-state index contributed by atoms with van der Waals surface area (Å²) in [5, 5.41) is 4.40. The van der Waals surface area contributed by atoms with Crippen molar-refractivity contribution < 1.29 is 8.98 Å². The van der Waals surface area contributed by atoms with Gasteiger partial charge in [0.05, 0.1) is 0 Å². The molecule has 0 spiro atoms. The highest BCUT2D eigenvalue weighted by Gasteiger charge is 2.39. The number of fused-ring (bicyclic) bond motifs is 5. The van der Waals surface area contributed by atoms with Gasteiger partial charge in [-0.15, -0.1) is 0 Å². The fourth-order valence-corrected chi connectivity index (χ4v) is 10.9. The third-order valence-corrected chi connectivity index (χ3v) is 13.0. The molecule has 7 heteroatoms. The maximum atomic E-state index is 15.8. The van der Waals surface area contributed by atoms with Crippen molar-refractivity contribution in [2.24, 2.45) is 0 Å². The molecule has 5 nitrogen and oxygen atoms in total. The SMILES string of the molecule is O=P1(c2ccccc2)c2cc(-c3nc(-c4ccccc4)nc(-c4ccccc4)n3)ccc2Sc2cc3c(cc21)oc1ccccc13. The van der Waals surface area contributed by atoms with Crippen LogP contribution >= 0.6 is 18.9 Å². The molecule has 1 aliphatic rings. The third kappa shape index (κ3) is 4.33. The Morgan fingerprint density at radius 3 is 1.72 bits per heavy atom. The van der Waals surface area contributed by atoms with Crippen molar-refractivity contribution in [3.8, 4) is 34.2 Å². The van der Waals surface area contributed by atoms with Crippen LogP contribution in [0.2, 0.25) is 0 Å². The first-order valence-corrected chi connectivity index (χ1v) is 17.5. The first-order valence-electron chi connectivity index (χ1n) is 15.0. The molecule has 0 N–H and O–H groups in total. The molecule has 1 aliphatic heterocycles. The fraction of sp³-hybridized carbons (Fsp3) is 0. The molecule has 0 saturated carbocycles. The van der Waals surface area contributed by atoms with Gasteiger partial charge in [-0.2, -0.15) is 0 Å². The summed E-state index contributed by atoms with van der Waals surface area (Å²) in [4.78, 5) is 16.7. The Bertz CT molecular complexity index is 2420. The molecule has 0 fully saturated rings. The van der Waals surface area contributed by atoms with Crippen LogP contribution in [0, 0.1) is 0 Å². The van der Waals surface area contributed by atoms with Crippen LogP contribution in [0.4, 0.5) is 0 Å². The number of para-hydroxylation sites is 1. The normalized spacial score (nSPS) is 15.5. The van der Waals surface area contributed by atoms with Crippen molar-refractivity contribution >= 4 is 56.8 Å². The minimum Gasteiger partial charge on any atom is -0.456 e. The second kappa shape index (κ2) is 10.7. The minimum atomic E-state index is -3.33. The maximum absolute atomic E-state index is 15.8. The van der Waals surface area contributed by atoms with Gasteiger partial charge in [0, 0.05) is 53.2 Å². The quantitative estimate of drug-likeness (QED) is 0.181. The van der Waals surface area contributed by atoms with Crippen molar-refractivity contribution in [3.63, 3.8) is 0 Å². The Balaban J connectivity index is 1.27. The van der Waals surface area contributed by atoms with Gasteiger partial charge in [-0.3, -0.25) is 0 Å². The summed E-state index contributed by atoms with van der Waals surface area (Å²) < 4.78 is 22.1. The summed E-state index contributed by atoms with van der Waals surface area (Å²) >= 11 is 1.64. The van der Waals surface area contributed by atoms with Crippen LogP contribution in [0.15, 0.2) is 160 Å². The number of nitrogens with zero attached hydrogens (tertiary/aromatic N) is 3. The molecule has 46 heavy (non-hydrogen) atoms. The highest BCUT2D eigenvalue weighted by atomic mass is 32.2. The Labute approximate surface area is 269 Å². The van der Waals surface area contributed by atoms with Crippen molar-refractivity contribution in [1.82, 2.24) is 15.0 Å². The predicted octanol–water partition coefficient (Wildman–Crippen LogP) is 8.88. The standard InChI is InChI=1S/C39H24N3O2PS/c43-45(28-16-8-3-9-17-28)33-22-27(39-41-37(25-12-4-1-5-13-25)40-38(42-39)26-14-6-2-7-15-26)20-21-35(33)46-36-23-30-29-18-10-11-19-31(29)44-32(30)24-34(36)45/h1-24H. The monoisotopic (exact) mass is 629 g/mol. The smallest absolute Gasteiger partial charge is 0.173 e. The van der Waals surface area contributed by atoms with E-state index in [1.165, 1.54) is 0 Å². The Hall–Kier alpha value is -5.29. The average Bonchev–Trinajstić information content (AvgIpc) is 3.49. The summed E-state index contributed by atoms with van der Waals surface area (Å²) in [6, 6.07) is 47.9. The molecule has 1 unspecified atom stereocenters. The Morgan fingerprint density at radius 1 is 0.478 bits per heavy atom. The van der Waals surface area contributed by atoms with Crippen LogP contribution in [0.25, 0.3) is 56.1 Å². The predicted molar refractivity (Wildman–Crippen MR) is 187 cm³/mol. The zero-order valence-electron chi connectivity index (χ0n) is 24.4. The molecule has 0 amide bonds. The van der Waals surface area contributed by atoms with E-state index in [-0.39, 0.29) is 0 Å². The van der Waals surface area contributed by atoms with E-state index in [4.69, 9.17) is 19.4 Å². The van der Waals surface area contributed by atoms with Gasteiger partial charge in [0.1, 0.15) is 11.2 Å². The van der Waals surface area contributed by atoms with Gasteiger partial charge in [0.15, 0.2) is 24.6 Å². The van der Waals surface area contributed by atoms with Crippen LogP contribution in [0.3, 0.4) is 0 Å². The highest BCUT2D eigenvalue weighted by Crippen LogP contribution is 2.53. The van der Waals surface area contributed by atoms with E-state index < -0.39 is 7.14 Å². The lowest BCUT2D eigenvalue weighted by Gasteiger charge is -2.29. The molecule has 0 saturated heterocycles. The molecule has 0 radical (unpaired) electrons. The summed E-state index contributed by atoms with van der Waals surface area (Å²) in [6.45, 7) is 0. The lowest BCUT2D eigenvalue weighted by molar-refractivity contribution is 0.591. The molecular weight excluding hydrogens is 605 g/mol. The van der Waals surface area contributed by atoms with Crippen molar-refractivity contribution in [3.05, 3.63) is 146 Å². The molecule has 0 aliphatic carbocycles. The molecule has 3 heterocycles. The second-order valence-corrected chi connectivity index (χ2v) is 15.0. The third-order valence-electron chi connectivity index (χ3n) is 8.39. The maximum Gasteiger partial charge on any atom is 0.173 e. The van der Waals surface area contributed by atoms with Crippen LogP contribution in [-0.2, 0) is 4.57 Å². The zero-order valence-corrected chi connectivity index (χ0v) is 26.1. The molecule has 8 aromatic rings. The number of rotatable bonds is 4. The summed E-state index contributed by atoms with van der Waals surface area (Å²) in [6.07, 6.45) is 0. The Kier molecular flexibility index (Phi) is 6.27. The zero-order chi connectivity index (χ0) is 30.7. The van der Waals surface area contributed by atoms with Crippen molar-refractivity contribution in [1.29, 1.82) is 0 Å². The minimum absolute atomic E-state index is 0.527. The van der Waals surface area contributed by atoms with Gasteiger partial charge in [0.2, 0.25) is 0 Å². The van der Waals surface area contributed by atoms with E-state index in [1.807, 2.05) is 127 Å². The number of aromatic nitrogens is 3. The van der Waals surface area contributed by atoms with E-state index in [1.54, 1.807) is 11.8 Å². The highest BCUT2D eigenvalue weighted by molar-refractivity contribution is 8.02. The van der Waals surface area contributed by atoms with Gasteiger partial charge in [-0.05, 0) is 30.3 Å². The molecule has 0 bridgehead atoms. The van der Waals surface area contributed by atoms with Crippen molar-refractivity contribution in [2.75, 3.05) is 0 Å². The number of furan rings is 1. The van der Waals surface area contributed by atoms with Crippen LogP contribution < -0.4 is 15.9 Å². The lowest BCUT2D eigenvalue weighted by atomic mass is 10.1. The molecule has 2 aromatic heterocycles. The van der Waals surface area contributed by atoms with E-state index in [0.29, 0.717) is 17.5 Å². The first kappa shape index (κ1) is 27.1. The summed E-state index contributed by atoms with van der Waals surface area (Å²) in [5.74, 6) is 1.69. The van der Waals surface area contributed by atoms with Gasteiger partial charge in [-0.1, -0.05) is 127 Å². The van der Waals surface area contributed by atoms with Gasteiger partial charge in [0.25, 0.3) is 0 Å². The van der Waals surface area contributed by atoms with Crippen molar-refractivity contribution in [2.45, 2.75) is 9.79 Å². The lowest BCUT2D eigenvalue weighted by Crippen LogP contribution is -2.30. The fourth-order valence-electron chi connectivity index (χ4n) is 6.16. The Morgan fingerprint density at radius 2 is 1.04 bits per heavy atom. The number of hydrogen-bond donors (Lipinski definition) is 0. The summed E-state index contributed by atoms with van der Waals surface area (Å²) in [5.41, 5.74) is 4.12. The summed E-state index contributed by atoms with van der Waals surface area (Å²) in [7, 11) is -3.33. The number of benzene rings is 6. The van der Waals surface area contributed by atoms with E-state index in [9.17, 15) is 0 Å². The van der Waals surface area contributed by atoms with E-state index in [0.717, 1.165) is 64.3 Å². The van der Waals surface area contributed by atoms with Crippen LogP contribution in [0.5, 0.6) is 0 Å². The molecule has 9 rings (SSSR count). The van der Waals surface area contributed by atoms with E-state index >= 15 is 4.57 Å². The van der Waals surface area contributed by atoms with Crippen LogP contribution in [-0.4, -0.2) is 15.0 Å². The first-order chi connectivity index (χ1) is 22.6. The van der Waals surface area contributed by atoms with Gasteiger partial charge in [-0.25, -0.2) is 15.0 Å². The second-order valence-electron chi connectivity index (χ2n) is 11.2. The topological polar surface area (TPSA) is 68.9 Å². The molecular formula is C39H24N3O2PS. The largest absolute Gasteiger partial charge is 0.456 e. The van der Waals surface area contributed by atoms with Gasteiger partial charge < -0.3 is 8.98 Å². The average molecular weight is 630 g/mol. The van der Waals surface area contributed by atoms with E-state index in [2.05, 4.69) is 18.2 Å². The molecule has 218 valence electrons. The van der Waals surface area contributed by atoms with Gasteiger partial charge >= 0.3 is 0 Å². The number of hydrogen-bond acceptors (Lipinski definition) is 6. The van der Waals surface area contributed by atoms with Crippen LogP contribution in [0.1, 0.15) is 0 Å². The molecule has 1 atom stereocenters. The molecule has 6 aromatic carbocycles.